The van der Waals surface area contributed by atoms with Crippen LogP contribution in [0.5, 0.6) is 0 Å². The standard InChI is InChI=1S/C15H22ClN3O/c1-10-8-19(9-11(10)2)6-5-15(20)18-14-4-3-12(17)7-13(14)16/h3-4,7,10-11H,5-6,8-9,17H2,1-2H3,(H,18,20). The second-order valence-electron chi connectivity index (χ2n) is 5.75. The maximum absolute atomic E-state index is 11.9. The Morgan fingerprint density at radius 1 is 1.40 bits per heavy atom. The number of carbonyl (C=O) groups is 1. The highest BCUT2D eigenvalue weighted by Gasteiger charge is 2.25. The third-order valence-corrected chi connectivity index (χ3v) is 4.30. The van der Waals surface area contributed by atoms with Gasteiger partial charge in [0.05, 0.1) is 10.7 Å². The molecule has 3 N–H and O–H groups in total. The lowest BCUT2D eigenvalue weighted by atomic mass is 10.0. The Morgan fingerprint density at radius 3 is 2.65 bits per heavy atom. The van der Waals surface area contributed by atoms with Gasteiger partial charge in [0.15, 0.2) is 0 Å². The average Bonchev–Trinajstić information content (AvgIpc) is 2.70. The monoisotopic (exact) mass is 295 g/mol. The zero-order valence-electron chi connectivity index (χ0n) is 12.0. The van der Waals surface area contributed by atoms with Crippen LogP contribution in [0, 0.1) is 11.8 Å². The smallest absolute Gasteiger partial charge is 0.225 e. The molecule has 0 aliphatic carbocycles. The summed E-state index contributed by atoms with van der Waals surface area (Å²) in [6.07, 6.45) is 0.486. The molecule has 1 fully saturated rings. The summed E-state index contributed by atoms with van der Waals surface area (Å²) in [4.78, 5) is 14.3. The minimum atomic E-state index is -0.0103. The Morgan fingerprint density at radius 2 is 2.05 bits per heavy atom. The number of hydrogen-bond donors (Lipinski definition) is 2. The van der Waals surface area contributed by atoms with Crippen LogP contribution in [0.1, 0.15) is 20.3 Å². The van der Waals surface area contributed by atoms with Crippen LogP contribution in [-0.2, 0) is 4.79 Å². The number of anilines is 2. The van der Waals surface area contributed by atoms with E-state index in [0.29, 0.717) is 34.7 Å². The Kier molecular flexibility index (Phi) is 4.89. The van der Waals surface area contributed by atoms with Gasteiger partial charge in [-0.25, -0.2) is 0 Å². The second kappa shape index (κ2) is 6.46. The molecule has 2 unspecified atom stereocenters. The van der Waals surface area contributed by atoms with E-state index in [4.69, 9.17) is 17.3 Å². The Labute approximate surface area is 125 Å². The number of nitrogens with two attached hydrogens (primary N) is 1. The van der Waals surface area contributed by atoms with Gasteiger partial charge < -0.3 is 16.0 Å². The summed E-state index contributed by atoms with van der Waals surface area (Å²) in [5, 5.41) is 3.30. The quantitative estimate of drug-likeness (QED) is 0.840. The van der Waals surface area contributed by atoms with E-state index in [-0.39, 0.29) is 5.91 Å². The summed E-state index contributed by atoms with van der Waals surface area (Å²) in [6, 6.07) is 5.10. The van der Waals surface area contributed by atoms with E-state index >= 15 is 0 Å². The van der Waals surface area contributed by atoms with E-state index in [2.05, 4.69) is 24.1 Å². The van der Waals surface area contributed by atoms with E-state index in [0.717, 1.165) is 19.6 Å². The lowest BCUT2D eigenvalue weighted by molar-refractivity contribution is -0.116. The van der Waals surface area contributed by atoms with Crippen LogP contribution >= 0.6 is 11.6 Å². The van der Waals surface area contributed by atoms with Gasteiger partial charge in [-0.2, -0.15) is 0 Å². The van der Waals surface area contributed by atoms with Gasteiger partial charge in [0.1, 0.15) is 0 Å². The number of hydrogen-bond acceptors (Lipinski definition) is 3. The van der Waals surface area contributed by atoms with Crippen molar-refractivity contribution < 1.29 is 4.79 Å². The molecule has 0 bridgehead atoms. The van der Waals surface area contributed by atoms with Crippen molar-refractivity contribution in [3.8, 4) is 0 Å². The Balaban J connectivity index is 1.81. The van der Waals surface area contributed by atoms with Crippen molar-refractivity contribution in [1.82, 2.24) is 4.90 Å². The van der Waals surface area contributed by atoms with Crippen LogP contribution in [0.15, 0.2) is 18.2 Å². The van der Waals surface area contributed by atoms with Crippen LogP contribution in [0.4, 0.5) is 11.4 Å². The molecule has 0 spiro atoms. The van der Waals surface area contributed by atoms with Gasteiger partial charge in [-0.1, -0.05) is 25.4 Å². The number of likely N-dealkylation sites (tertiary alicyclic amines) is 1. The number of benzene rings is 1. The van der Waals surface area contributed by atoms with E-state index in [9.17, 15) is 4.79 Å². The van der Waals surface area contributed by atoms with Gasteiger partial charge in [-0.3, -0.25) is 4.79 Å². The van der Waals surface area contributed by atoms with Crippen molar-refractivity contribution in [1.29, 1.82) is 0 Å². The fraction of sp³-hybridized carbons (Fsp3) is 0.533. The fourth-order valence-electron chi connectivity index (χ4n) is 2.54. The third-order valence-electron chi connectivity index (χ3n) is 3.99. The molecule has 1 aromatic carbocycles. The number of carbonyl (C=O) groups excluding carboxylic acids is 1. The van der Waals surface area contributed by atoms with Gasteiger partial charge in [-0.05, 0) is 30.0 Å². The van der Waals surface area contributed by atoms with Crippen LogP contribution < -0.4 is 11.1 Å². The molecule has 1 aliphatic rings. The topological polar surface area (TPSA) is 58.4 Å². The minimum absolute atomic E-state index is 0.0103. The minimum Gasteiger partial charge on any atom is -0.399 e. The van der Waals surface area contributed by atoms with Crippen molar-refractivity contribution in [2.75, 3.05) is 30.7 Å². The highest BCUT2D eigenvalue weighted by atomic mass is 35.5. The highest BCUT2D eigenvalue weighted by Crippen LogP contribution is 2.25. The summed E-state index contributed by atoms with van der Waals surface area (Å²) in [6.45, 7) is 7.49. The first-order chi connectivity index (χ1) is 9.45. The largest absolute Gasteiger partial charge is 0.399 e. The molecule has 4 nitrogen and oxygen atoms in total. The summed E-state index contributed by atoms with van der Waals surface area (Å²) in [7, 11) is 0. The normalized spacial score (nSPS) is 22.9. The number of nitrogens with one attached hydrogen (secondary N) is 1. The van der Waals surface area contributed by atoms with Crippen LogP contribution in [0.25, 0.3) is 0 Å². The molecule has 0 saturated carbocycles. The van der Waals surface area contributed by atoms with Crippen molar-refractivity contribution in [3.63, 3.8) is 0 Å². The number of rotatable bonds is 4. The number of nitrogen functional groups attached to an aromatic ring is 1. The molecule has 2 rings (SSSR count). The van der Waals surface area contributed by atoms with Gasteiger partial charge in [0, 0.05) is 31.7 Å². The highest BCUT2D eigenvalue weighted by molar-refractivity contribution is 6.34. The maximum Gasteiger partial charge on any atom is 0.225 e. The van der Waals surface area contributed by atoms with Crippen LogP contribution in [0.2, 0.25) is 5.02 Å². The van der Waals surface area contributed by atoms with E-state index in [1.54, 1.807) is 18.2 Å². The van der Waals surface area contributed by atoms with Gasteiger partial charge in [0.25, 0.3) is 0 Å². The molecule has 2 atom stereocenters. The zero-order chi connectivity index (χ0) is 14.7. The lowest BCUT2D eigenvalue weighted by Crippen LogP contribution is -2.26. The molecule has 20 heavy (non-hydrogen) atoms. The molecule has 1 saturated heterocycles. The van der Waals surface area contributed by atoms with Crippen molar-refractivity contribution in [2.45, 2.75) is 20.3 Å². The van der Waals surface area contributed by atoms with Crippen LogP contribution in [0.3, 0.4) is 0 Å². The number of halogens is 1. The van der Waals surface area contributed by atoms with Crippen molar-refractivity contribution >= 4 is 28.9 Å². The Bertz CT molecular complexity index is 482. The van der Waals surface area contributed by atoms with E-state index in [1.165, 1.54) is 0 Å². The molecule has 0 aromatic heterocycles. The van der Waals surface area contributed by atoms with Gasteiger partial charge in [0.2, 0.25) is 5.91 Å². The first-order valence-corrected chi connectivity index (χ1v) is 7.40. The molecule has 110 valence electrons. The summed E-state index contributed by atoms with van der Waals surface area (Å²) < 4.78 is 0. The van der Waals surface area contributed by atoms with Crippen LogP contribution in [-0.4, -0.2) is 30.4 Å². The predicted octanol–water partition coefficient (Wildman–Crippen LogP) is 2.84. The molecule has 1 aromatic rings. The van der Waals surface area contributed by atoms with Crippen molar-refractivity contribution in [2.24, 2.45) is 11.8 Å². The van der Waals surface area contributed by atoms with E-state index < -0.39 is 0 Å². The maximum atomic E-state index is 11.9. The second-order valence-corrected chi connectivity index (χ2v) is 6.16. The SMILES string of the molecule is CC1CN(CCC(=O)Nc2ccc(N)cc2Cl)CC1C. The molecule has 1 heterocycles. The molecular weight excluding hydrogens is 274 g/mol. The molecule has 1 aliphatic heterocycles. The van der Waals surface area contributed by atoms with E-state index in [1.807, 2.05) is 0 Å². The molecule has 0 radical (unpaired) electrons. The number of amides is 1. The molecular formula is C15H22ClN3O. The lowest BCUT2D eigenvalue weighted by Gasteiger charge is -2.15. The zero-order valence-corrected chi connectivity index (χ0v) is 12.8. The predicted molar refractivity (Wildman–Crippen MR) is 83.9 cm³/mol. The molecule has 1 amide bonds. The Hall–Kier alpha value is -1.26. The summed E-state index contributed by atoms with van der Waals surface area (Å²) in [5.41, 5.74) is 6.83. The third kappa shape index (κ3) is 3.87. The first-order valence-electron chi connectivity index (χ1n) is 7.03. The van der Waals surface area contributed by atoms with Gasteiger partial charge in [-0.15, -0.1) is 0 Å². The first kappa shape index (κ1) is 15.1. The van der Waals surface area contributed by atoms with Crippen molar-refractivity contribution in [3.05, 3.63) is 23.2 Å². The number of nitrogens with zero attached hydrogens (tertiary/aromatic N) is 1. The molecule has 5 heteroatoms. The fourth-order valence-corrected chi connectivity index (χ4v) is 2.77. The van der Waals surface area contributed by atoms with Gasteiger partial charge >= 0.3 is 0 Å². The summed E-state index contributed by atoms with van der Waals surface area (Å²) in [5.74, 6) is 1.41. The summed E-state index contributed by atoms with van der Waals surface area (Å²) >= 11 is 6.03. The average molecular weight is 296 g/mol.